The molecule has 1 amide bonds. The molecule has 0 atom stereocenters. The summed E-state index contributed by atoms with van der Waals surface area (Å²) in [4.78, 5) is 16.7. The molecular formula is C19H17FN2OS. The SMILES string of the molecule is Cc1c(F)cccc1C(=O)NCCc1csc(-c2ccccc2)n1. The minimum atomic E-state index is -0.366. The fourth-order valence-electron chi connectivity index (χ4n) is 2.39. The van der Waals surface area contributed by atoms with Crippen LogP contribution in [-0.2, 0) is 6.42 Å². The number of rotatable bonds is 5. The number of nitrogens with zero attached hydrogens (tertiary/aromatic N) is 1. The van der Waals surface area contributed by atoms with Gasteiger partial charge in [-0.3, -0.25) is 4.79 Å². The van der Waals surface area contributed by atoms with Crippen LogP contribution in [0.2, 0.25) is 0 Å². The van der Waals surface area contributed by atoms with Crippen molar-refractivity contribution in [2.45, 2.75) is 13.3 Å². The molecule has 0 saturated carbocycles. The zero-order chi connectivity index (χ0) is 16.9. The average Bonchev–Trinajstić information content (AvgIpc) is 3.07. The summed E-state index contributed by atoms with van der Waals surface area (Å²) in [6.45, 7) is 2.07. The molecule has 0 unspecified atom stereocenters. The Balaban J connectivity index is 1.58. The third-order valence-electron chi connectivity index (χ3n) is 3.75. The van der Waals surface area contributed by atoms with Crippen LogP contribution >= 0.6 is 11.3 Å². The van der Waals surface area contributed by atoms with Crippen LogP contribution in [-0.4, -0.2) is 17.4 Å². The number of nitrogens with one attached hydrogen (secondary N) is 1. The number of carbonyl (C=O) groups is 1. The molecule has 0 radical (unpaired) electrons. The van der Waals surface area contributed by atoms with Gasteiger partial charge in [-0.05, 0) is 24.6 Å². The first kappa shape index (κ1) is 16.3. The van der Waals surface area contributed by atoms with Gasteiger partial charge >= 0.3 is 0 Å². The molecule has 5 heteroatoms. The highest BCUT2D eigenvalue weighted by molar-refractivity contribution is 7.13. The van der Waals surface area contributed by atoms with Gasteiger partial charge in [0, 0.05) is 29.5 Å². The molecule has 0 aliphatic carbocycles. The van der Waals surface area contributed by atoms with E-state index < -0.39 is 0 Å². The van der Waals surface area contributed by atoms with Gasteiger partial charge in [-0.15, -0.1) is 11.3 Å². The highest BCUT2D eigenvalue weighted by Gasteiger charge is 2.11. The molecule has 122 valence electrons. The first-order valence-corrected chi connectivity index (χ1v) is 8.56. The number of amides is 1. The lowest BCUT2D eigenvalue weighted by molar-refractivity contribution is 0.0953. The predicted octanol–water partition coefficient (Wildman–Crippen LogP) is 4.23. The predicted molar refractivity (Wildman–Crippen MR) is 94.7 cm³/mol. The van der Waals surface area contributed by atoms with Crippen LogP contribution in [0.25, 0.3) is 10.6 Å². The summed E-state index contributed by atoms with van der Waals surface area (Å²) in [5.74, 6) is -0.625. The first-order chi connectivity index (χ1) is 11.6. The molecule has 1 heterocycles. The second-order valence-electron chi connectivity index (χ2n) is 5.43. The van der Waals surface area contributed by atoms with E-state index in [0.717, 1.165) is 16.3 Å². The second kappa shape index (κ2) is 7.36. The minimum Gasteiger partial charge on any atom is -0.352 e. The van der Waals surface area contributed by atoms with Crippen LogP contribution in [0.15, 0.2) is 53.9 Å². The Labute approximate surface area is 144 Å². The lowest BCUT2D eigenvalue weighted by Crippen LogP contribution is -2.26. The quantitative estimate of drug-likeness (QED) is 0.755. The van der Waals surface area contributed by atoms with Crippen molar-refractivity contribution >= 4 is 17.2 Å². The number of thiazole rings is 1. The molecule has 3 aromatic rings. The summed E-state index contributed by atoms with van der Waals surface area (Å²) in [6, 6.07) is 14.5. The largest absolute Gasteiger partial charge is 0.352 e. The van der Waals surface area contributed by atoms with Gasteiger partial charge in [-0.1, -0.05) is 36.4 Å². The maximum absolute atomic E-state index is 13.5. The van der Waals surface area contributed by atoms with E-state index in [0.29, 0.717) is 24.1 Å². The van der Waals surface area contributed by atoms with E-state index in [1.54, 1.807) is 30.4 Å². The Hall–Kier alpha value is -2.53. The lowest BCUT2D eigenvalue weighted by atomic mass is 10.1. The van der Waals surface area contributed by atoms with E-state index in [1.807, 2.05) is 35.7 Å². The standard InChI is InChI=1S/C19H17FN2OS/c1-13-16(8-5-9-17(13)20)18(23)21-11-10-15-12-24-19(22-15)14-6-3-2-4-7-14/h2-9,12H,10-11H2,1H3,(H,21,23). The van der Waals surface area contributed by atoms with Gasteiger partial charge < -0.3 is 5.32 Å². The molecule has 3 nitrogen and oxygen atoms in total. The summed E-state index contributed by atoms with van der Waals surface area (Å²) in [5.41, 5.74) is 2.77. The fourth-order valence-corrected chi connectivity index (χ4v) is 3.25. The van der Waals surface area contributed by atoms with Crippen molar-refractivity contribution in [2.75, 3.05) is 6.54 Å². The Morgan fingerprint density at radius 3 is 2.75 bits per heavy atom. The maximum atomic E-state index is 13.5. The average molecular weight is 340 g/mol. The van der Waals surface area contributed by atoms with Gasteiger partial charge in [-0.2, -0.15) is 0 Å². The van der Waals surface area contributed by atoms with Crippen molar-refractivity contribution in [2.24, 2.45) is 0 Å². The Morgan fingerprint density at radius 1 is 1.17 bits per heavy atom. The van der Waals surface area contributed by atoms with Gasteiger partial charge in [-0.25, -0.2) is 9.37 Å². The van der Waals surface area contributed by atoms with E-state index in [2.05, 4.69) is 10.3 Å². The number of aromatic nitrogens is 1. The van der Waals surface area contributed by atoms with Crippen molar-refractivity contribution in [1.29, 1.82) is 0 Å². The fraction of sp³-hybridized carbons (Fsp3) is 0.158. The molecule has 0 fully saturated rings. The Kier molecular flexibility index (Phi) is 5.01. The normalized spacial score (nSPS) is 10.6. The summed E-state index contributed by atoms with van der Waals surface area (Å²) in [5, 5.41) is 5.80. The molecule has 0 aliphatic rings. The highest BCUT2D eigenvalue weighted by atomic mass is 32.1. The Bertz CT molecular complexity index is 846. The summed E-state index contributed by atoms with van der Waals surface area (Å²) >= 11 is 1.59. The third kappa shape index (κ3) is 3.68. The molecule has 0 aliphatic heterocycles. The van der Waals surface area contributed by atoms with Crippen LogP contribution in [0.1, 0.15) is 21.6 Å². The van der Waals surface area contributed by atoms with Crippen LogP contribution in [0.3, 0.4) is 0 Å². The van der Waals surface area contributed by atoms with E-state index >= 15 is 0 Å². The molecule has 0 spiro atoms. The van der Waals surface area contributed by atoms with E-state index in [9.17, 15) is 9.18 Å². The molecule has 24 heavy (non-hydrogen) atoms. The van der Waals surface area contributed by atoms with Crippen molar-refractivity contribution < 1.29 is 9.18 Å². The number of benzene rings is 2. The first-order valence-electron chi connectivity index (χ1n) is 7.68. The summed E-state index contributed by atoms with van der Waals surface area (Å²) in [6.07, 6.45) is 0.642. The highest BCUT2D eigenvalue weighted by Crippen LogP contribution is 2.23. The topological polar surface area (TPSA) is 42.0 Å². The zero-order valence-electron chi connectivity index (χ0n) is 13.3. The van der Waals surface area contributed by atoms with Gasteiger partial charge in [0.25, 0.3) is 5.91 Å². The monoisotopic (exact) mass is 340 g/mol. The lowest BCUT2D eigenvalue weighted by Gasteiger charge is -2.07. The number of halogens is 1. The molecule has 0 saturated heterocycles. The maximum Gasteiger partial charge on any atom is 0.251 e. The number of carbonyl (C=O) groups excluding carboxylic acids is 1. The molecule has 3 rings (SSSR count). The zero-order valence-corrected chi connectivity index (χ0v) is 14.1. The van der Waals surface area contributed by atoms with Crippen LogP contribution in [0, 0.1) is 12.7 Å². The van der Waals surface area contributed by atoms with Crippen molar-refractivity contribution in [3.05, 3.63) is 76.5 Å². The molecule has 1 aromatic heterocycles. The number of hydrogen-bond donors (Lipinski definition) is 1. The van der Waals surface area contributed by atoms with Crippen LogP contribution in [0.4, 0.5) is 4.39 Å². The smallest absolute Gasteiger partial charge is 0.251 e. The minimum absolute atomic E-state index is 0.259. The summed E-state index contributed by atoms with van der Waals surface area (Å²) < 4.78 is 13.5. The van der Waals surface area contributed by atoms with Crippen molar-refractivity contribution in [3.63, 3.8) is 0 Å². The van der Waals surface area contributed by atoms with E-state index in [4.69, 9.17) is 0 Å². The van der Waals surface area contributed by atoms with Gasteiger partial charge in [0.1, 0.15) is 10.8 Å². The van der Waals surface area contributed by atoms with Gasteiger partial charge in [0.05, 0.1) is 5.69 Å². The van der Waals surface area contributed by atoms with Crippen molar-refractivity contribution in [1.82, 2.24) is 10.3 Å². The van der Waals surface area contributed by atoms with E-state index in [-0.39, 0.29) is 11.7 Å². The van der Waals surface area contributed by atoms with Crippen LogP contribution in [0.5, 0.6) is 0 Å². The van der Waals surface area contributed by atoms with Gasteiger partial charge in [0.15, 0.2) is 0 Å². The number of hydrogen-bond acceptors (Lipinski definition) is 3. The van der Waals surface area contributed by atoms with Gasteiger partial charge in [0.2, 0.25) is 0 Å². The van der Waals surface area contributed by atoms with Crippen LogP contribution < -0.4 is 5.32 Å². The summed E-state index contributed by atoms with van der Waals surface area (Å²) in [7, 11) is 0. The van der Waals surface area contributed by atoms with E-state index in [1.165, 1.54) is 6.07 Å². The molecule has 1 N–H and O–H groups in total. The van der Waals surface area contributed by atoms with Crippen molar-refractivity contribution in [3.8, 4) is 10.6 Å². The molecule has 0 bridgehead atoms. The second-order valence-corrected chi connectivity index (χ2v) is 6.29. The molecular weight excluding hydrogens is 323 g/mol. The molecule has 2 aromatic carbocycles. The third-order valence-corrected chi connectivity index (χ3v) is 4.69. The Morgan fingerprint density at radius 2 is 1.96 bits per heavy atom.